The molecule has 1 saturated heterocycles. The molecule has 0 radical (unpaired) electrons. The summed E-state index contributed by atoms with van der Waals surface area (Å²) >= 11 is 0. The molecule has 1 atom stereocenters. The lowest BCUT2D eigenvalue weighted by Crippen LogP contribution is -2.37. The number of ether oxygens (including phenoxy) is 3. The molecule has 1 fully saturated rings. The highest BCUT2D eigenvalue weighted by Crippen LogP contribution is 2.36. The molecule has 8 nitrogen and oxygen atoms in total. The van der Waals surface area contributed by atoms with E-state index in [0.717, 1.165) is 12.1 Å². The van der Waals surface area contributed by atoms with Gasteiger partial charge in [0.1, 0.15) is 17.1 Å². The minimum absolute atomic E-state index is 0.0659. The minimum atomic E-state index is -4.61. The maximum atomic E-state index is 13.2. The number of hydrogen-bond donors (Lipinski definition) is 2. The Balaban J connectivity index is 1.79. The van der Waals surface area contributed by atoms with E-state index >= 15 is 0 Å². The highest BCUT2D eigenvalue weighted by atomic mass is 19.4. The van der Waals surface area contributed by atoms with Crippen LogP contribution < -0.4 is 15.0 Å². The second-order valence-corrected chi connectivity index (χ2v) is 7.25. The van der Waals surface area contributed by atoms with E-state index in [1.54, 1.807) is 4.90 Å². The number of aromatic hydroxyl groups is 1. The van der Waals surface area contributed by atoms with Crippen LogP contribution in [0.15, 0.2) is 36.4 Å². The van der Waals surface area contributed by atoms with E-state index in [1.165, 1.54) is 38.3 Å². The van der Waals surface area contributed by atoms with Gasteiger partial charge < -0.3 is 29.5 Å². The predicted octanol–water partition coefficient (Wildman–Crippen LogP) is 3.44. The summed E-state index contributed by atoms with van der Waals surface area (Å²) in [6.45, 7) is 2.94. The number of esters is 1. The molecule has 0 aliphatic carbocycles. The number of morpholine rings is 1. The second kappa shape index (κ2) is 9.99. The quantitative estimate of drug-likeness (QED) is 0.627. The first-order chi connectivity index (χ1) is 15.6. The summed E-state index contributed by atoms with van der Waals surface area (Å²) in [5.41, 5.74) is -0.824. The molecule has 1 aliphatic rings. The van der Waals surface area contributed by atoms with Crippen molar-refractivity contribution in [3.63, 3.8) is 0 Å². The molecule has 33 heavy (non-hydrogen) atoms. The van der Waals surface area contributed by atoms with Gasteiger partial charge in [-0.15, -0.1) is 0 Å². The zero-order valence-corrected chi connectivity index (χ0v) is 17.9. The van der Waals surface area contributed by atoms with Gasteiger partial charge >= 0.3 is 12.1 Å². The van der Waals surface area contributed by atoms with Gasteiger partial charge in [0.25, 0.3) is 5.91 Å². The number of rotatable bonds is 6. The topological polar surface area (TPSA) is 97.3 Å². The molecule has 2 N–H and O–H groups in total. The zero-order valence-electron chi connectivity index (χ0n) is 17.9. The number of methoxy groups -OCH3 is 1. The second-order valence-electron chi connectivity index (χ2n) is 7.25. The summed E-state index contributed by atoms with van der Waals surface area (Å²) < 4.78 is 55.1. The summed E-state index contributed by atoms with van der Waals surface area (Å²) in [4.78, 5) is 26.9. The van der Waals surface area contributed by atoms with Crippen molar-refractivity contribution in [3.05, 3.63) is 47.5 Å². The van der Waals surface area contributed by atoms with Gasteiger partial charge in [0.2, 0.25) is 0 Å². The minimum Gasteiger partial charge on any atom is -0.507 e. The van der Waals surface area contributed by atoms with Crippen molar-refractivity contribution in [1.29, 1.82) is 0 Å². The fraction of sp³-hybridized carbons (Fsp3) is 0.364. The lowest BCUT2D eigenvalue weighted by Gasteiger charge is -2.31. The van der Waals surface area contributed by atoms with Crippen molar-refractivity contribution in [2.75, 3.05) is 43.6 Å². The number of amides is 1. The van der Waals surface area contributed by atoms with Gasteiger partial charge in [-0.1, -0.05) is 0 Å². The van der Waals surface area contributed by atoms with Gasteiger partial charge in [-0.25, -0.2) is 4.79 Å². The van der Waals surface area contributed by atoms with Crippen molar-refractivity contribution in [3.8, 4) is 11.5 Å². The van der Waals surface area contributed by atoms with Crippen molar-refractivity contribution < 1.29 is 42.1 Å². The van der Waals surface area contributed by atoms with Crippen LogP contribution in [0, 0.1) is 0 Å². The zero-order chi connectivity index (χ0) is 24.2. The first-order valence-corrected chi connectivity index (χ1v) is 10.0. The van der Waals surface area contributed by atoms with Crippen LogP contribution in [0.4, 0.5) is 24.5 Å². The molecule has 2 aromatic rings. The summed E-state index contributed by atoms with van der Waals surface area (Å²) in [6.07, 6.45) is -5.97. The lowest BCUT2D eigenvalue weighted by atomic mass is 10.1. The maximum Gasteiger partial charge on any atom is 0.416 e. The van der Waals surface area contributed by atoms with Crippen LogP contribution in [0.3, 0.4) is 0 Å². The Hall–Kier alpha value is -3.47. The van der Waals surface area contributed by atoms with Crippen LogP contribution in [0.5, 0.6) is 11.5 Å². The molecule has 0 saturated carbocycles. The number of nitrogens with one attached hydrogen (secondary N) is 1. The maximum absolute atomic E-state index is 13.2. The van der Waals surface area contributed by atoms with Crippen LogP contribution in [-0.4, -0.2) is 56.5 Å². The van der Waals surface area contributed by atoms with Gasteiger partial charge in [-0.2, -0.15) is 13.2 Å². The molecule has 3 rings (SSSR count). The first kappa shape index (κ1) is 24.2. The molecular weight excluding hydrogens is 445 g/mol. The number of anilines is 2. The monoisotopic (exact) mass is 468 g/mol. The Morgan fingerprint density at radius 2 is 1.85 bits per heavy atom. The lowest BCUT2D eigenvalue weighted by molar-refractivity contribution is -0.137. The van der Waals surface area contributed by atoms with Crippen LogP contribution in [0.25, 0.3) is 0 Å². The fourth-order valence-electron chi connectivity index (χ4n) is 3.21. The normalized spacial score (nSPS) is 15.0. The molecule has 0 bridgehead atoms. The van der Waals surface area contributed by atoms with Crippen molar-refractivity contribution in [1.82, 2.24) is 0 Å². The average Bonchev–Trinajstić information content (AvgIpc) is 2.79. The number of phenols is 1. The number of alkyl halides is 3. The Bertz CT molecular complexity index is 1020. The summed E-state index contributed by atoms with van der Waals surface area (Å²) in [6, 6.07) is 6.97. The number of nitrogens with zero attached hydrogens (tertiary/aromatic N) is 1. The smallest absolute Gasteiger partial charge is 0.416 e. The van der Waals surface area contributed by atoms with Crippen molar-refractivity contribution in [2.24, 2.45) is 0 Å². The molecular formula is C22H23F3N2O6. The number of benzene rings is 2. The van der Waals surface area contributed by atoms with Crippen molar-refractivity contribution >= 4 is 23.3 Å². The number of halogens is 3. The fourth-order valence-corrected chi connectivity index (χ4v) is 3.21. The van der Waals surface area contributed by atoms with E-state index in [2.05, 4.69) is 5.32 Å². The van der Waals surface area contributed by atoms with E-state index in [1.807, 2.05) is 0 Å². The molecule has 11 heteroatoms. The summed E-state index contributed by atoms with van der Waals surface area (Å²) in [7, 11) is 1.37. The Labute approximate surface area is 187 Å². The van der Waals surface area contributed by atoms with Gasteiger partial charge in [0.15, 0.2) is 6.10 Å². The molecule has 1 amide bonds. The summed E-state index contributed by atoms with van der Waals surface area (Å²) in [5.74, 6) is -1.91. The van der Waals surface area contributed by atoms with Crippen LogP contribution in [0.1, 0.15) is 22.8 Å². The molecule has 178 valence electrons. The standard InChI is InChI=1S/C22H23F3N2O6/c1-13(33-21(30)16-12-15(31-2)4-6-19(16)28)20(29)26-17-11-14(22(23,24)25)3-5-18(17)27-7-9-32-10-8-27/h3-6,11-13,28H,7-10H2,1-2H3,(H,26,29). The predicted molar refractivity (Wildman–Crippen MR) is 113 cm³/mol. The van der Waals surface area contributed by atoms with Crippen LogP contribution >= 0.6 is 0 Å². The van der Waals surface area contributed by atoms with E-state index in [4.69, 9.17) is 14.2 Å². The van der Waals surface area contributed by atoms with Crippen molar-refractivity contribution in [2.45, 2.75) is 19.2 Å². The van der Waals surface area contributed by atoms with Gasteiger partial charge in [-0.05, 0) is 43.3 Å². The van der Waals surface area contributed by atoms with E-state index < -0.39 is 29.7 Å². The average molecular weight is 468 g/mol. The number of carbonyl (C=O) groups excluding carboxylic acids is 2. The highest BCUT2D eigenvalue weighted by Gasteiger charge is 2.32. The molecule has 0 spiro atoms. The molecule has 0 aromatic heterocycles. The number of phenolic OH excluding ortho intramolecular Hbond substituents is 1. The molecule has 1 heterocycles. The number of hydrogen-bond acceptors (Lipinski definition) is 7. The molecule has 1 aliphatic heterocycles. The third kappa shape index (κ3) is 5.86. The Morgan fingerprint density at radius 1 is 1.15 bits per heavy atom. The third-order valence-corrected chi connectivity index (χ3v) is 5.01. The summed E-state index contributed by atoms with van der Waals surface area (Å²) in [5, 5.41) is 12.3. The Morgan fingerprint density at radius 3 is 2.48 bits per heavy atom. The Kier molecular flexibility index (Phi) is 7.32. The van der Waals surface area contributed by atoms with Gasteiger partial charge in [-0.3, -0.25) is 4.79 Å². The van der Waals surface area contributed by atoms with E-state index in [0.29, 0.717) is 32.0 Å². The van der Waals surface area contributed by atoms with Gasteiger partial charge in [0.05, 0.1) is 37.3 Å². The first-order valence-electron chi connectivity index (χ1n) is 10.0. The number of carbonyl (C=O) groups is 2. The van der Waals surface area contributed by atoms with Gasteiger partial charge in [0, 0.05) is 13.1 Å². The van der Waals surface area contributed by atoms with E-state index in [-0.39, 0.29) is 22.7 Å². The molecule has 2 aromatic carbocycles. The van der Waals surface area contributed by atoms with Crippen LogP contribution in [-0.2, 0) is 20.4 Å². The molecule has 1 unspecified atom stereocenters. The van der Waals surface area contributed by atoms with Crippen LogP contribution in [0.2, 0.25) is 0 Å². The highest BCUT2D eigenvalue weighted by molar-refractivity contribution is 6.00. The SMILES string of the molecule is COc1ccc(O)c(C(=O)OC(C)C(=O)Nc2cc(C(F)(F)F)ccc2N2CCOCC2)c1. The largest absolute Gasteiger partial charge is 0.507 e. The third-order valence-electron chi connectivity index (χ3n) is 5.01. The van der Waals surface area contributed by atoms with E-state index in [9.17, 15) is 27.9 Å².